The lowest BCUT2D eigenvalue weighted by atomic mass is 9.86. The fourth-order valence-electron chi connectivity index (χ4n) is 4.77. The van der Waals surface area contributed by atoms with Gasteiger partial charge in [0.15, 0.2) is 5.96 Å². The zero-order valence-corrected chi connectivity index (χ0v) is 16.9. The van der Waals surface area contributed by atoms with Gasteiger partial charge >= 0.3 is 0 Å². The van der Waals surface area contributed by atoms with Gasteiger partial charge in [0.05, 0.1) is 6.04 Å². The van der Waals surface area contributed by atoms with Crippen LogP contribution in [0.2, 0.25) is 0 Å². The van der Waals surface area contributed by atoms with Crippen LogP contribution in [0.4, 0.5) is 0 Å². The Morgan fingerprint density at radius 2 is 1.96 bits per heavy atom. The maximum absolute atomic E-state index is 12.4. The fourth-order valence-corrected chi connectivity index (χ4v) is 4.77. The standard InChI is InChI=1S/C22H32N4O2/c1-2-23-21(24-16-20(27)26-13-7-8-14-26)25-18-15-22(11-5-6-12-22)28-19-10-4-3-9-17(18)19/h3-4,9-10,18H,2,5-8,11-16H2,1H3,(H2,23,24,25). The van der Waals surface area contributed by atoms with Gasteiger partial charge in [-0.15, -0.1) is 0 Å². The molecule has 0 aromatic heterocycles. The van der Waals surface area contributed by atoms with Crippen molar-refractivity contribution in [2.75, 3.05) is 26.2 Å². The molecule has 152 valence electrons. The lowest BCUT2D eigenvalue weighted by molar-refractivity contribution is -0.128. The van der Waals surface area contributed by atoms with Crippen molar-refractivity contribution in [3.05, 3.63) is 29.8 Å². The Morgan fingerprint density at radius 3 is 2.71 bits per heavy atom. The Bertz CT molecular complexity index is 721. The molecule has 2 fully saturated rings. The number of ether oxygens (including phenoxy) is 1. The molecule has 4 rings (SSSR count). The van der Waals surface area contributed by atoms with Gasteiger partial charge in [0.2, 0.25) is 5.91 Å². The second-order valence-corrected chi connectivity index (χ2v) is 8.21. The maximum Gasteiger partial charge on any atom is 0.244 e. The Hall–Kier alpha value is -2.24. The molecule has 1 unspecified atom stereocenters. The molecule has 1 atom stereocenters. The van der Waals surface area contributed by atoms with E-state index < -0.39 is 0 Å². The zero-order valence-electron chi connectivity index (χ0n) is 16.9. The molecule has 1 saturated heterocycles. The van der Waals surface area contributed by atoms with Crippen molar-refractivity contribution in [3.8, 4) is 5.75 Å². The van der Waals surface area contributed by atoms with Crippen molar-refractivity contribution in [2.45, 2.75) is 63.5 Å². The van der Waals surface area contributed by atoms with Gasteiger partial charge in [0, 0.05) is 31.6 Å². The minimum Gasteiger partial charge on any atom is -0.487 e. The third kappa shape index (κ3) is 4.10. The second kappa shape index (κ2) is 8.41. The zero-order chi connectivity index (χ0) is 19.4. The van der Waals surface area contributed by atoms with E-state index in [1.54, 1.807) is 0 Å². The number of benzene rings is 1. The largest absolute Gasteiger partial charge is 0.487 e. The van der Waals surface area contributed by atoms with Crippen LogP contribution in [0, 0.1) is 0 Å². The van der Waals surface area contributed by atoms with E-state index in [0.29, 0.717) is 5.96 Å². The van der Waals surface area contributed by atoms with Crippen LogP contribution in [-0.4, -0.2) is 48.5 Å². The summed E-state index contributed by atoms with van der Waals surface area (Å²) in [6, 6.07) is 8.45. The number of fused-ring (bicyclic) bond motifs is 1. The fraction of sp³-hybridized carbons (Fsp3) is 0.636. The predicted octanol–water partition coefficient (Wildman–Crippen LogP) is 3.00. The van der Waals surface area contributed by atoms with E-state index in [2.05, 4.69) is 40.7 Å². The maximum atomic E-state index is 12.4. The molecule has 2 N–H and O–H groups in total. The van der Waals surface area contributed by atoms with E-state index in [9.17, 15) is 4.79 Å². The van der Waals surface area contributed by atoms with E-state index in [1.807, 2.05) is 11.0 Å². The number of para-hydroxylation sites is 1. The van der Waals surface area contributed by atoms with Crippen LogP contribution in [0.1, 0.15) is 63.5 Å². The molecule has 6 nitrogen and oxygen atoms in total. The number of nitrogens with zero attached hydrogens (tertiary/aromatic N) is 2. The molecule has 2 aliphatic heterocycles. The lowest BCUT2D eigenvalue weighted by Crippen LogP contribution is -2.47. The molecule has 3 aliphatic rings. The molecule has 1 amide bonds. The molecular formula is C22H32N4O2. The second-order valence-electron chi connectivity index (χ2n) is 8.21. The lowest BCUT2D eigenvalue weighted by Gasteiger charge is -2.40. The van der Waals surface area contributed by atoms with Crippen molar-refractivity contribution in [2.24, 2.45) is 4.99 Å². The summed E-state index contributed by atoms with van der Waals surface area (Å²) in [6.07, 6.45) is 7.83. The highest BCUT2D eigenvalue weighted by Crippen LogP contribution is 2.46. The van der Waals surface area contributed by atoms with Crippen LogP contribution in [0.3, 0.4) is 0 Å². The van der Waals surface area contributed by atoms with Crippen LogP contribution in [0.5, 0.6) is 5.75 Å². The number of hydrogen-bond donors (Lipinski definition) is 2. The molecule has 28 heavy (non-hydrogen) atoms. The first-order chi connectivity index (χ1) is 13.7. The number of rotatable bonds is 4. The topological polar surface area (TPSA) is 66.0 Å². The molecule has 1 aromatic carbocycles. The van der Waals surface area contributed by atoms with E-state index in [-0.39, 0.29) is 24.1 Å². The molecule has 0 radical (unpaired) electrons. The highest BCUT2D eigenvalue weighted by atomic mass is 16.5. The van der Waals surface area contributed by atoms with Gasteiger partial charge in [-0.1, -0.05) is 18.2 Å². The monoisotopic (exact) mass is 384 g/mol. The van der Waals surface area contributed by atoms with Crippen molar-refractivity contribution in [3.63, 3.8) is 0 Å². The van der Waals surface area contributed by atoms with E-state index in [4.69, 9.17) is 4.74 Å². The van der Waals surface area contributed by atoms with E-state index in [1.165, 1.54) is 18.4 Å². The highest BCUT2D eigenvalue weighted by molar-refractivity contribution is 5.85. The number of guanidine groups is 1. The summed E-state index contributed by atoms with van der Waals surface area (Å²) in [5.74, 6) is 1.82. The van der Waals surface area contributed by atoms with E-state index >= 15 is 0 Å². The molecule has 2 heterocycles. The van der Waals surface area contributed by atoms with Crippen LogP contribution in [0.25, 0.3) is 0 Å². The van der Waals surface area contributed by atoms with Crippen LogP contribution < -0.4 is 15.4 Å². The van der Waals surface area contributed by atoms with Crippen LogP contribution in [-0.2, 0) is 4.79 Å². The van der Waals surface area contributed by atoms with Gasteiger partial charge < -0.3 is 20.3 Å². The van der Waals surface area contributed by atoms with Gasteiger partial charge in [-0.25, -0.2) is 4.99 Å². The first kappa shape index (κ1) is 19.1. The van der Waals surface area contributed by atoms with Crippen molar-refractivity contribution in [1.82, 2.24) is 15.5 Å². The molecule has 1 spiro atoms. The molecule has 1 aliphatic carbocycles. The molecule has 1 saturated carbocycles. The minimum atomic E-state index is -0.0608. The van der Waals surface area contributed by atoms with Gasteiger partial charge in [0.25, 0.3) is 0 Å². The number of nitrogens with one attached hydrogen (secondary N) is 2. The van der Waals surface area contributed by atoms with Crippen LogP contribution >= 0.6 is 0 Å². The average molecular weight is 385 g/mol. The smallest absolute Gasteiger partial charge is 0.244 e. The first-order valence-electron chi connectivity index (χ1n) is 10.8. The SMILES string of the molecule is CCNC(=NCC(=O)N1CCCC1)NC1CC2(CCCC2)Oc2ccccc21. The van der Waals surface area contributed by atoms with Gasteiger partial charge in [-0.3, -0.25) is 4.79 Å². The number of likely N-dealkylation sites (tertiary alicyclic amines) is 1. The summed E-state index contributed by atoms with van der Waals surface area (Å²) in [7, 11) is 0. The Labute approximate surface area is 167 Å². The Balaban J connectivity index is 1.50. The number of hydrogen-bond acceptors (Lipinski definition) is 3. The third-order valence-electron chi connectivity index (χ3n) is 6.20. The molecule has 1 aromatic rings. The predicted molar refractivity (Wildman–Crippen MR) is 111 cm³/mol. The van der Waals surface area contributed by atoms with Crippen molar-refractivity contribution in [1.29, 1.82) is 0 Å². The van der Waals surface area contributed by atoms with Crippen molar-refractivity contribution >= 4 is 11.9 Å². The molecule has 6 heteroatoms. The molecular weight excluding hydrogens is 352 g/mol. The Morgan fingerprint density at radius 1 is 1.21 bits per heavy atom. The van der Waals surface area contributed by atoms with Gasteiger partial charge in [0.1, 0.15) is 17.9 Å². The molecule has 0 bridgehead atoms. The average Bonchev–Trinajstić information content (AvgIpc) is 3.39. The first-order valence-corrected chi connectivity index (χ1v) is 10.8. The quantitative estimate of drug-likeness (QED) is 0.619. The van der Waals surface area contributed by atoms with Crippen LogP contribution in [0.15, 0.2) is 29.3 Å². The van der Waals surface area contributed by atoms with E-state index in [0.717, 1.165) is 57.5 Å². The third-order valence-corrected chi connectivity index (χ3v) is 6.20. The summed E-state index contributed by atoms with van der Waals surface area (Å²) in [4.78, 5) is 18.9. The number of amides is 1. The number of carbonyl (C=O) groups excluding carboxylic acids is 1. The van der Waals surface area contributed by atoms with Gasteiger partial charge in [-0.05, 0) is 51.5 Å². The summed E-state index contributed by atoms with van der Waals surface area (Å²) in [5.41, 5.74) is 1.12. The summed E-state index contributed by atoms with van der Waals surface area (Å²) >= 11 is 0. The summed E-state index contributed by atoms with van der Waals surface area (Å²) < 4.78 is 6.46. The minimum absolute atomic E-state index is 0.0608. The summed E-state index contributed by atoms with van der Waals surface area (Å²) in [5, 5.41) is 6.91. The Kier molecular flexibility index (Phi) is 5.74. The van der Waals surface area contributed by atoms with Gasteiger partial charge in [-0.2, -0.15) is 0 Å². The highest BCUT2D eigenvalue weighted by Gasteiger charge is 2.43. The normalized spacial score (nSPS) is 23.4. The number of carbonyl (C=O) groups is 1. The summed E-state index contributed by atoms with van der Waals surface area (Å²) in [6.45, 7) is 4.75. The number of aliphatic imine (C=N–C) groups is 1. The van der Waals surface area contributed by atoms with Crippen molar-refractivity contribution < 1.29 is 9.53 Å².